The molecule has 0 aliphatic carbocycles. The fraction of sp³-hybridized carbons (Fsp3) is 0.714. The number of likely N-dealkylation sites (N-methyl/N-ethyl adjacent to an activating group) is 1. The molecule has 18 heavy (non-hydrogen) atoms. The second kappa shape index (κ2) is 6.66. The first-order valence-electron chi connectivity index (χ1n) is 6.77. The van der Waals surface area contributed by atoms with Crippen molar-refractivity contribution in [3.8, 4) is 0 Å². The zero-order chi connectivity index (χ0) is 13.0. The molecule has 1 aliphatic rings. The van der Waals surface area contributed by atoms with Gasteiger partial charge in [0.05, 0.1) is 12.2 Å². The van der Waals surface area contributed by atoms with Crippen LogP contribution < -0.4 is 5.73 Å². The van der Waals surface area contributed by atoms with E-state index in [4.69, 9.17) is 10.5 Å². The minimum Gasteiger partial charge on any atom is -0.372 e. The molecule has 102 valence electrons. The van der Waals surface area contributed by atoms with Gasteiger partial charge in [0.2, 0.25) is 0 Å². The lowest BCUT2D eigenvalue weighted by molar-refractivity contribution is 0.0256. The van der Waals surface area contributed by atoms with Crippen LogP contribution in [-0.4, -0.2) is 43.3 Å². The second-order valence-corrected chi connectivity index (χ2v) is 6.30. The normalized spacial score (nSPS) is 25.8. The van der Waals surface area contributed by atoms with Gasteiger partial charge in [0.15, 0.2) is 0 Å². The lowest BCUT2D eigenvalue weighted by atomic mass is 10.1. The predicted molar refractivity (Wildman–Crippen MR) is 77.1 cm³/mol. The number of hydrogen-bond acceptors (Lipinski definition) is 4. The summed E-state index contributed by atoms with van der Waals surface area (Å²) in [5.41, 5.74) is 5.64. The van der Waals surface area contributed by atoms with Gasteiger partial charge in [0.25, 0.3) is 0 Å². The van der Waals surface area contributed by atoms with E-state index in [1.807, 2.05) is 11.3 Å². The molecule has 0 saturated carbocycles. The molecule has 0 bridgehead atoms. The summed E-state index contributed by atoms with van der Waals surface area (Å²) in [7, 11) is 2.19. The van der Waals surface area contributed by atoms with Gasteiger partial charge in [0.1, 0.15) is 0 Å². The van der Waals surface area contributed by atoms with E-state index in [9.17, 15) is 0 Å². The number of rotatable bonds is 6. The van der Waals surface area contributed by atoms with E-state index in [1.54, 1.807) is 0 Å². The number of thiophene rings is 1. The zero-order valence-corrected chi connectivity index (χ0v) is 12.2. The van der Waals surface area contributed by atoms with E-state index < -0.39 is 0 Å². The molecule has 3 atom stereocenters. The second-order valence-electron chi connectivity index (χ2n) is 5.27. The highest BCUT2D eigenvalue weighted by molar-refractivity contribution is 7.09. The Bertz CT molecular complexity index is 342. The molecule has 0 aromatic carbocycles. The Morgan fingerprint density at radius 2 is 2.28 bits per heavy atom. The lowest BCUT2D eigenvalue weighted by Gasteiger charge is -2.27. The van der Waals surface area contributed by atoms with Gasteiger partial charge >= 0.3 is 0 Å². The highest BCUT2D eigenvalue weighted by atomic mass is 32.1. The molecule has 1 aliphatic heterocycles. The van der Waals surface area contributed by atoms with Gasteiger partial charge in [0, 0.05) is 24.0 Å². The van der Waals surface area contributed by atoms with Crippen molar-refractivity contribution in [1.29, 1.82) is 0 Å². The van der Waals surface area contributed by atoms with Gasteiger partial charge < -0.3 is 15.4 Å². The van der Waals surface area contributed by atoms with Crippen molar-refractivity contribution >= 4 is 11.3 Å². The molecule has 0 spiro atoms. The first-order chi connectivity index (χ1) is 8.69. The van der Waals surface area contributed by atoms with Crippen LogP contribution in [0, 0.1) is 0 Å². The molecule has 3 nitrogen and oxygen atoms in total. The Balaban J connectivity index is 1.75. The molecule has 3 unspecified atom stereocenters. The molecule has 1 saturated heterocycles. The topological polar surface area (TPSA) is 38.5 Å². The van der Waals surface area contributed by atoms with Crippen molar-refractivity contribution in [2.45, 2.75) is 44.4 Å². The summed E-state index contributed by atoms with van der Waals surface area (Å²) in [5, 5.41) is 2.15. The highest BCUT2D eigenvalue weighted by Crippen LogP contribution is 2.21. The van der Waals surface area contributed by atoms with E-state index in [-0.39, 0.29) is 6.10 Å². The van der Waals surface area contributed by atoms with Crippen LogP contribution in [0.5, 0.6) is 0 Å². The van der Waals surface area contributed by atoms with Crippen molar-refractivity contribution < 1.29 is 4.74 Å². The van der Waals surface area contributed by atoms with Gasteiger partial charge in [-0.15, -0.1) is 11.3 Å². The van der Waals surface area contributed by atoms with Crippen molar-refractivity contribution in [3.63, 3.8) is 0 Å². The molecular formula is C14H24N2OS. The van der Waals surface area contributed by atoms with Gasteiger partial charge in [-0.25, -0.2) is 0 Å². The molecule has 1 fully saturated rings. The summed E-state index contributed by atoms with van der Waals surface area (Å²) in [6, 6.07) is 4.90. The lowest BCUT2D eigenvalue weighted by Crippen LogP contribution is -2.37. The van der Waals surface area contributed by atoms with Crippen LogP contribution in [0.3, 0.4) is 0 Å². The van der Waals surface area contributed by atoms with E-state index in [0.717, 1.165) is 25.8 Å². The van der Waals surface area contributed by atoms with E-state index in [2.05, 4.69) is 36.4 Å². The maximum atomic E-state index is 5.90. The van der Waals surface area contributed by atoms with Crippen molar-refractivity contribution in [2.24, 2.45) is 5.73 Å². The maximum Gasteiger partial charge on any atom is 0.0707 e. The average Bonchev–Trinajstić information content (AvgIpc) is 3.00. The minimum atomic E-state index is 0.288. The molecule has 0 radical (unpaired) electrons. The highest BCUT2D eigenvalue weighted by Gasteiger charge is 2.26. The average molecular weight is 268 g/mol. The summed E-state index contributed by atoms with van der Waals surface area (Å²) in [5.74, 6) is 0. The van der Waals surface area contributed by atoms with Crippen LogP contribution in [0.4, 0.5) is 0 Å². The third-order valence-electron chi connectivity index (χ3n) is 3.78. The molecule has 1 aromatic rings. The molecule has 2 heterocycles. The monoisotopic (exact) mass is 268 g/mol. The number of nitrogens with two attached hydrogens (primary N) is 1. The molecule has 2 N–H and O–H groups in total. The van der Waals surface area contributed by atoms with Gasteiger partial charge in [-0.3, -0.25) is 0 Å². The van der Waals surface area contributed by atoms with Crippen molar-refractivity contribution in [3.05, 3.63) is 22.4 Å². The van der Waals surface area contributed by atoms with Crippen LogP contribution in [0.2, 0.25) is 0 Å². The Kier molecular flexibility index (Phi) is 5.18. The van der Waals surface area contributed by atoms with Crippen LogP contribution in [0.1, 0.15) is 24.6 Å². The van der Waals surface area contributed by atoms with Gasteiger partial charge in [-0.2, -0.15) is 0 Å². The molecule has 0 amide bonds. The Morgan fingerprint density at radius 1 is 1.50 bits per heavy atom. The van der Waals surface area contributed by atoms with Crippen LogP contribution in [-0.2, 0) is 11.2 Å². The standard InChI is InChI=1S/C14H24N2OS/c1-11(8-14-4-3-7-18-14)16(2)10-13-6-5-12(9-15)17-13/h3-4,7,11-13H,5-6,8-10,15H2,1-2H3. The Morgan fingerprint density at radius 3 is 2.89 bits per heavy atom. The summed E-state index contributed by atoms with van der Waals surface area (Å²) in [6.45, 7) is 3.96. The van der Waals surface area contributed by atoms with E-state index in [1.165, 1.54) is 4.88 Å². The fourth-order valence-electron chi connectivity index (χ4n) is 2.46. The smallest absolute Gasteiger partial charge is 0.0707 e. The number of ether oxygens (including phenoxy) is 1. The Labute approximate surface area is 114 Å². The third-order valence-corrected chi connectivity index (χ3v) is 4.68. The molecule has 4 heteroatoms. The molecule has 1 aromatic heterocycles. The quantitative estimate of drug-likeness (QED) is 0.859. The maximum absolute atomic E-state index is 5.90. The fourth-order valence-corrected chi connectivity index (χ4v) is 3.29. The number of nitrogens with zero attached hydrogens (tertiary/aromatic N) is 1. The summed E-state index contributed by atoms with van der Waals surface area (Å²) < 4.78 is 5.90. The van der Waals surface area contributed by atoms with Gasteiger partial charge in [-0.05, 0) is 44.7 Å². The number of hydrogen-bond donors (Lipinski definition) is 1. The zero-order valence-electron chi connectivity index (χ0n) is 11.3. The first-order valence-corrected chi connectivity index (χ1v) is 7.65. The first kappa shape index (κ1) is 14.0. The van der Waals surface area contributed by atoms with Crippen molar-refractivity contribution in [2.75, 3.05) is 20.1 Å². The minimum absolute atomic E-state index is 0.288. The van der Waals surface area contributed by atoms with Crippen LogP contribution in [0.15, 0.2) is 17.5 Å². The SMILES string of the molecule is CC(Cc1cccs1)N(C)CC1CCC(CN)O1. The van der Waals surface area contributed by atoms with Gasteiger partial charge in [-0.1, -0.05) is 6.07 Å². The summed E-state index contributed by atoms with van der Waals surface area (Å²) in [4.78, 5) is 3.87. The summed E-state index contributed by atoms with van der Waals surface area (Å²) in [6.07, 6.45) is 4.05. The Hall–Kier alpha value is -0.420. The van der Waals surface area contributed by atoms with Crippen LogP contribution >= 0.6 is 11.3 Å². The molecular weight excluding hydrogens is 244 g/mol. The van der Waals surface area contributed by atoms with E-state index in [0.29, 0.717) is 18.7 Å². The van der Waals surface area contributed by atoms with E-state index >= 15 is 0 Å². The molecule has 2 rings (SSSR count). The third kappa shape index (κ3) is 3.79. The summed E-state index contributed by atoms with van der Waals surface area (Å²) >= 11 is 1.84. The predicted octanol–water partition coefficient (Wildman–Crippen LogP) is 2.12. The van der Waals surface area contributed by atoms with Crippen molar-refractivity contribution in [1.82, 2.24) is 4.90 Å². The largest absolute Gasteiger partial charge is 0.372 e. The van der Waals surface area contributed by atoms with Crippen LogP contribution in [0.25, 0.3) is 0 Å².